The second kappa shape index (κ2) is 8.68. The second-order valence-corrected chi connectivity index (χ2v) is 4.00. The van der Waals surface area contributed by atoms with Gasteiger partial charge in [-0.15, -0.1) is 0 Å². The molecule has 15 heavy (non-hydrogen) atoms. The predicted octanol–water partition coefficient (Wildman–Crippen LogP) is 0.773. The van der Waals surface area contributed by atoms with Crippen LogP contribution in [0.2, 0.25) is 0 Å². The van der Waals surface area contributed by atoms with E-state index in [1.165, 1.54) is 0 Å². The van der Waals surface area contributed by atoms with Gasteiger partial charge in [-0.05, 0) is 12.3 Å². The van der Waals surface area contributed by atoms with E-state index in [9.17, 15) is 4.79 Å². The molecule has 0 bridgehead atoms. The number of rotatable bonds is 8. The zero-order valence-corrected chi connectivity index (χ0v) is 10.3. The lowest BCUT2D eigenvalue weighted by molar-refractivity contribution is -0.121. The zero-order valence-electron chi connectivity index (χ0n) is 10.3. The third-order valence-electron chi connectivity index (χ3n) is 2.36. The summed E-state index contributed by atoms with van der Waals surface area (Å²) < 4.78 is 4.87. The zero-order chi connectivity index (χ0) is 11.7. The summed E-state index contributed by atoms with van der Waals surface area (Å²) in [5.74, 6) is 0.546. The molecule has 0 aromatic rings. The quantitative estimate of drug-likeness (QED) is 0.589. The molecule has 0 saturated heterocycles. The molecule has 0 saturated carbocycles. The van der Waals surface area contributed by atoms with Gasteiger partial charge < -0.3 is 15.4 Å². The van der Waals surface area contributed by atoms with Crippen LogP contribution < -0.4 is 10.6 Å². The maximum absolute atomic E-state index is 11.5. The van der Waals surface area contributed by atoms with Crippen molar-refractivity contribution in [3.63, 3.8) is 0 Å². The summed E-state index contributed by atoms with van der Waals surface area (Å²) in [5.41, 5.74) is 0. The summed E-state index contributed by atoms with van der Waals surface area (Å²) in [5, 5.41) is 6.02. The highest BCUT2D eigenvalue weighted by atomic mass is 16.5. The molecule has 4 nitrogen and oxygen atoms in total. The molecule has 0 fully saturated rings. The maximum Gasteiger partial charge on any atom is 0.234 e. The molecular formula is C11H24N2O2. The lowest BCUT2D eigenvalue weighted by atomic mass is 10.0. The van der Waals surface area contributed by atoms with E-state index in [0.29, 0.717) is 25.6 Å². The van der Waals surface area contributed by atoms with Gasteiger partial charge in [0.05, 0.1) is 13.2 Å². The monoisotopic (exact) mass is 216 g/mol. The Labute approximate surface area is 92.8 Å². The van der Waals surface area contributed by atoms with E-state index in [1.807, 2.05) is 0 Å². The highest BCUT2D eigenvalue weighted by Crippen LogP contribution is 2.04. The molecule has 0 aliphatic carbocycles. The Kier molecular flexibility index (Phi) is 8.33. The number of methoxy groups -OCH3 is 1. The van der Waals surface area contributed by atoms with E-state index >= 15 is 0 Å². The molecule has 0 aromatic carbocycles. The Morgan fingerprint density at radius 2 is 2.07 bits per heavy atom. The molecule has 0 rings (SSSR count). The van der Waals surface area contributed by atoms with E-state index in [-0.39, 0.29) is 11.9 Å². The van der Waals surface area contributed by atoms with Gasteiger partial charge in [-0.25, -0.2) is 0 Å². The fourth-order valence-corrected chi connectivity index (χ4v) is 1.37. The van der Waals surface area contributed by atoms with Crippen LogP contribution in [0.25, 0.3) is 0 Å². The van der Waals surface area contributed by atoms with Crippen molar-refractivity contribution in [2.24, 2.45) is 5.92 Å². The van der Waals surface area contributed by atoms with E-state index < -0.39 is 0 Å². The molecule has 0 aliphatic heterocycles. The van der Waals surface area contributed by atoms with Gasteiger partial charge in [0.1, 0.15) is 0 Å². The van der Waals surface area contributed by atoms with Gasteiger partial charge in [-0.3, -0.25) is 4.79 Å². The Morgan fingerprint density at radius 1 is 1.40 bits per heavy atom. The normalized spacial score (nSPS) is 12.9. The predicted molar refractivity (Wildman–Crippen MR) is 61.8 cm³/mol. The highest BCUT2D eigenvalue weighted by molar-refractivity contribution is 5.78. The van der Waals surface area contributed by atoms with Crippen LogP contribution >= 0.6 is 0 Å². The van der Waals surface area contributed by atoms with Gasteiger partial charge in [0.2, 0.25) is 5.91 Å². The average Bonchev–Trinajstić information content (AvgIpc) is 2.20. The average molecular weight is 216 g/mol. The second-order valence-electron chi connectivity index (χ2n) is 4.00. The van der Waals surface area contributed by atoms with E-state index in [0.717, 1.165) is 6.42 Å². The molecule has 0 aromatic heterocycles. The summed E-state index contributed by atoms with van der Waals surface area (Å²) in [6, 6.07) is 0.279. The van der Waals surface area contributed by atoms with Gasteiger partial charge >= 0.3 is 0 Å². The Balaban J connectivity index is 3.62. The van der Waals surface area contributed by atoms with Crippen molar-refractivity contribution in [2.45, 2.75) is 33.2 Å². The molecule has 1 unspecified atom stereocenters. The number of carbonyl (C=O) groups excluding carboxylic acids is 1. The summed E-state index contributed by atoms with van der Waals surface area (Å²) in [6.07, 6.45) is 0.974. The molecule has 1 atom stereocenters. The van der Waals surface area contributed by atoms with Crippen LogP contribution in [-0.2, 0) is 9.53 Å². The molecule has 4 heteroatoms. The summed E-state index contributed by atoms with van der Waals surface area (Å²) in [4.78, 5) is 11.5. The van der Waals surface area contributed by atoms with Crippen molar-refractivity contribution in [1.82, 2.24) is 10.6 Å². The van der Waals surface area contributed by atoms with Crippen LogP contribution in [0.4, 0.5) is 0 Å². The minimum absolute atomic E-state index is 0.0617. The highest BCUT2D eigenvalue weighted by Gasteiger charge is 2.13. The molecule has 2 N–H and O–H groups in total. The number of nitrogens with one attached hydrogen (secondary N) is 2. The van der Waals surface area contributed by atoms with E-state index in [4.69, 9.17) is 4.74 Å². The first-order chi connectivity index (χ1) is 7.11. The van der Waals surface area contributed by atoms with Crippen LogP contribution in [0.15, 0.2) is 0 Å². The summed E-state index contributed by atoms with van der Waals surface area (Å²) in [7, 11) is 1.65. The Bertz CT molecular complexity index is 172. The standard InChI is InChI=1S/C11H24N2O2/c1-5-10(9(2)3)13-11(14)8-12-6-7-15-4/h9-10,12H,5-8H2,1-4H3,(H,13,14). The lowest BCUT2D eigenvalue weighted by Crippen LogP contribution is -2.43. The maximum atomic E-state index is 11.5. The van der Waals surface area contributed by atoms with Gasteiger partial charge in [-0.2, -0.15) is 0 Å². The van der Waals surface area contributed by atoms with E-state index in [1.54, 1.807) is 7.11 Å². The van der Waals surface area contributed by atoms with Crippen LogP contribution in [-0.4, -0.2) is 38.8 Å². The van der Waals surface area contributed by atoms with Crippen LogP contribution in [0.1, 0.15) is 27.2 Å². The number of ether oxygens (including phenoxy) is 1. The first-order valence-electron chi connectivity index (χ1n) is 5.60. The fourth-order valence-electron chi connectivity index (χ4n) is 1.37. The first-order valence-corrected chi connectivity index (χ1v) is 5.60. The van der Waals surface area contributed by atoms with Crippen molar-refractivity contribution in [1.29, 1.82) is 0 Å². The minimum atomic E-state index is 0.0617. The molecule has 0 heterocycles. The van der Waals surface area contributed by atoms with Crippen LogP contribution in [0.3, 0.4) is 0 Å². The smallest absolute Gasteiger partial charge is 0.234 e. The Hall–Kier alpha value is -0.610. The lowest BCUT2D eigenvalue weighted by Gasteiger charge is -2.20. The van der Waals surface area contributed by atoms with Crippen molar-refractivity contribution in [3.8, 4) is 0 Å². The van der Waals surface area contributed by atoms with Crippen molar-refractivity contribution in [2.75, 3.05) is 26.8 Å². The molecule has 1 amide bonds. The first kappa shape index (κ1) is 14.4. The molecule has 0 radical (unpaired) electrons. The van der Waals surface area contributed by atoms with Gasteiger partial charge in [0, 0.05) is 19.7 Å². The third kappa shape index (κ3) is 7.33. The number of carbonyl (C=O) groups is 1. The largest absolute Gasteiger partial charge is 0.383 e. The van der Waals surface area contributed by atoms with Gasteiger partial charge in [0.15, 0.2) is 0 Å². The minimum Gasteiger partial charge on any atom is -0.383 e. The summed E-state index contributed by atoms with van der Waals surface area (Å²) in [6.45, 7) is 8.03. The van der Waals surface area contributed by atoms with E-state index in [2.05, 4.69) is 31.4 Å². The van der Waals surface area contributed by atoms with Crippen LogP contribution in [0.5, 0.6) is 0 Å². The number of hydrogen-bond donors (Lipinski definition) is 2. The topological polar surface area (TPSA) is 50.4 Å². The fraction of sp³-hybridized carbons (Fsp3) is 0.909. The van der Waals surface area contributed by atoms with Crippen molar-refractivity contribution < 1.29 is 9.53 Å². The van der Waals surface area contributed by atoms with Crippen LogP contribution in [0, 0.1) is 5.92 Å². The number of hydrogen-bond acceptors (Lipinski definition) is 3. The third-order valence-corrected chi connectivity index (χ3v) is 2.36. The molecular weight excluding hydrogens is 192 g/mol. The molecule has 0 aliphatic rings. The SMILES string of the molecule is CCC(NC(=O)CNCCOC)C(C)C. The Morgan fingerprint density at radius 3 is 2.53 bits per heavy atom. The van der Waals surface area contributed by atoms with Crippen molar-refractivity contribution >= 4 is 5.91 Å². The molecule has 0 spiro atoms. The van der Waals surface area contributed by atoms with Crippen molar-refractivity contribution in [3.05, 3.63) is 0 Å². The summed E-state index contributed by atoms with van der Waals surface area (Å²) >= 11 is 0. The number of amides is 1. The van der Waals surface area contributed by atoms with Gasteiger partial charge in [0.25, 0.3) is 0 Å². The van der Waals surface area contributed by atoms with Gasteiger partial charge in [-0.1, -0.05) is 20.8 Å². The molecule has 90 valence electrons.